The van der Waals surface area contributed by atoms with Crippen LogP contribution < -0.4 is 10.9 Å². The highest BCUT2D eigenvalue weighted by molar-refractivity contribution is 8.14. The number of nitrogens with one attached hydrogen (secondary N) is 2. The molecule has 1 atom stereocenters. The number of carbonyl (C=O) groups excluding carboxylic acids is 3. The molecule has 1 amide bonds. The molecule has 6 nitrogen and oxygen atoms in total. The van der Waals surface area contributed by atoms with Gasteiger partial charge in [0.25, 0.3) is 5.91 Å². The smallest absolute Gasteiger partial charge is 0.251 e. The number of halogens is 1. The van der Waals surface area contributed by atoms with Gasteiger partial charge in [-0.3, -0.25) is 19.2 Å². The number of amides is 1. The molecule has 0 spiro atoms. The minimum atomic E-state index is -0.914. The summed E-state index contributed by atoms with van der Waals surface area (Å²) in [6.07, 6.45) is 0.455. The zero-order chi connectivity index (χ0) is 22.4. The van der Waals surface area contributed by atoms with Crippen molar-refractivity contribution in [2.75, 3.05) is 5.75 Å². The Balaban J connectivity index is 1.89. The molecule has 0 fully saturated rings. The predicted molar refractivity (Wildman–Crippen MR) is 124 cm³/mol. The summed E-state index contributed by atoms with van der Waals surface area (Å²) in [5, 5.41) is 3.69. The second-order valence-electron chi connectivity index (χ2n) is 6.94. The molecule has 0 radical (unpaired) electrons. The molecule has 0 aliphatic heterocycles. The number of ketones is 1. The Labute approximate surface area is 188 Å². The molecule has 1 heterocycles. The first-order valence-electron chi connectivity index (χ1n) is 9.73. The van der Waals surface area contributed by atoms with Crippen LogP contribution in [0.25, 0.3) is 10.9 Å². The van der Waals surface area contributed by atoms with E-state index in [0.717, 1.165) is 17.1 Å². The summed E-state index contributed by atoms with van der Waals surface area (Å²) in [6, 6.07) is 14.1. The van der Waals surface area contributed by atoms with Gasteiger partial charge in [0.05, 0.1) is 5.75 Å². The Morgan fingerprint density at radius 3 is 2.52 bits per heavy atom. The van der Waals surface area contributed by atoms with Gasteiger partial charge in [0, 0.05) is 40.4 Å². The average Bonchev–Trinajstić information content (AvgIpc) is 2.76. The summed E-state index contributed by atoms with van der Waals surface area (Å²) in [5.74, 6) is -0.451. The number of carbonyl (C=O) groups is 3. The topological polar surface area (TPSA) is 96.1 Å². The van der Waals surface area contributed by atoms with Crippen molar-refractivity contribution in [3.05, 3.63) is 81.1 Å². The highest BCUT2D eigenvalue weighted by Gasteiger charge is 2.24. The van der Waals surface area contributed by atoms with E-state index in [1.54, 1.807) is 43.3 Å². The number of Topliss-reactive ketones (excluding diaryl/α,β-unsaturated/α-hetero) is 1. The summed E-state index contributed by atoms with van der Waals surface area (Å²) in [6.45, 7) is 1.73. The Bertz CT molecular complexity index is 1170. The van der Waals surface area contributed by atoms with Crippen LogP contribution in [0.2, 0.25) is 5.02 Å². The standard InChI is InChI=1S/C23H21ClN2O4S/c1-2-17(27)13-31-23(30)20(26-22(29)14-7-9-16(24)10-8-14)11-15-12-21(28)25-19-6-4-3-5-18(15)19/h3-10,12,20H,2,11,13H2,1H3,(H,25,28)(H,26,29). The van der Waals surface area contributed by atoms with E-state index in [9.17, 15) is 19.2 Å². The molecule has 8 heteroatoms. The average molecular weight is 457 g/mol. The number of hydrogen-bond donors (Lipinski definition) is 2. The zero-order valence-corrected chi connectivity index (χ0v) is 18.4. The third-order valence-electron chi connectivity index (χ3n) is 4.73. The normalized spacial score (nSPS) is 11.8. The van der Waals surface area contributed by atoms with E-state index in [1.807, 2.05) is 12.1 Å². The quantitative estimate of drug-likeness (QED) is 0.538. The lowest BCUT2D eigenvalue weighted by atomic mass is 10.0. The number of H-pyrrole nitrogens is 1. The van der Waals surface area contributed by atoms with Crippen LogP contribution in [0.4, 0.5) is 0 Å². The van der Waals surface area contributed by atoms with Crippen LogP contribution in [-0.2, 0) is 16.0 Å². The van der Waals surface area contributed by atoms with Gasteiger partial charge < -0.3 is 10.3 Å². The summed E-state index contributed by atoms with van der Waals surface area (Å²) >= 11 is 6.76. The molecule has 160 valence electrons. The van der Waals surface area contributed by atoms with Gasteiger partial charge >= 0.3 is 0 Å². The molecule has 0 bridgehead atoms. The number of hydrogen-bond acceptors (Lipinski definition) is 5. The van der Waals surface area contributed by atoms with E-state index < -0.39 is 11.9 Å². The molecule has 1 aromatic heterocycles. The third kappa shape index (κ3) is 6.06. The fourth-order valence-corrected chi connectivity index (χ4v) is 4.03. The lowest BCUT2D eigenvalue weighted by molar-refractivity contribution is -0.117. The minimum absolute atomic E-state index is 0.0404. The molecular formula is C23H21ClN2O4S. The van der Waals surface area contributed by atoms with Crippen molar-refractivity contribution in [1.82, 2.24) is 10.3 Å². The highest BCUT2D eigenvalue weighted by atomic mass is 35.5. The van der Waals surface area contributed by atoms with Crippen molar-refractivity contribution in [1.29, 1.82) is 0 Å². The maximum atomic E-state index is 12.9. The van der Waals surface area contributed by atoms with Gasteiger partial charge in [0.15, 0.2) is 0 Å². The number of aromatic nitrogens is 1. The molecule has 31 heavy (non-hydrogen) atoms. The first-order chi connectivity index (χ1) is 14.9. The molecule has 0 aliphatic rings. The molecule has 2 N–H and O–H groups in total. The van der Waals surface area contributed by atoms with E-state index >= 15 is 0 Å². The van der Waals surface area contributed by atoms with Crippen LogP contribution >= 0.6 is 23.4 Å². The van der Waals surface area contributed by atoms with E-state index in [4.69, 9.17) is 11.6 Å². The number of pyridine rings is 1. The third-order valence-corrected chi connectivity index (χ3v) is 6.01. The fourth-order valence-electron chi connectivity index (χ4n) is 3.06. The van der Waals surface area contributed by atoms with E-state index in [2.05, 4.69) is 10.3 Å². The maximum absolute atomic E-state index is 12.9. The number of rotatable bonds is 8. The molecule has 3 rings (SSSR count). The van der Waals surface area contributed by atoms with Gasteiger partial charge in [0.2, 0.25) is 10.7 Å². The number of fused-ring (bicyclic) bond motifs is 1. The lowest BCUT2D eigenvalue weighted by Crippen LogP contribution is -2.41. The SMILES string of the molecule is CCC(=O)CSC(=O)C(Cc1cc(=O)[nH]c2ccccc12)NC(=O)c1ccc(Cl)cc1. The van der Waals surface area contributed by atoms with Crippen LogP contribution in [0.15, 0.2) is 59.4 Å². The van der Waals surface area contributed by atoms with Crippen molar-refractivity contribution < 1.29 is 14.4 Å². The zero-order valence-electron chi connectivity index (χ0n) is 16.8. The molecular weight excluding hydrogens is 436 g/mol. The first-order valence-corrected chi connectivity index (χ1v) is 11.1. The van der Waals surface area contributed by atoms with Crippen molar-refractivity contribution in [2.45, 2.75) is 25.8 Å². The van der Waals surface area contributed by atoms with Crippen LogP contribution in [0, 0.1) is 0 Å². The number of aromatic amines is 1. The van der Waals surface area contributed by atoms with Crippen molar-refractivity contribution in [3.8, 4) is 0 Å². The molecule has 3 aromatic rings. The van der Waals surface area contributed by atoms with E-state index in [1.165, 1.54) is 6.07 Å². The second-order valence-corrected chi connectivity index (χ2v) is 8.36. The fraction of sp³-hybridized carbons (Fsp3) is 0.217. The lowest BCUT2D eigenvalue weighted by Gasteiger charge is -2.18. The van der Waals surface area contributed by atoms with Crippen LogP contribution in [0.5, 0.6) is 0 Å². The number of thioether (sulfide) groups is 1. The highest BCUT2D eigenvalue weighted by Crippen LogP contribution is 2.19. The predicted octanol–water partition coefficient (Wildman–Crippen LogP) is 3.76. The van der Waals surface area contributed by atoms with Gasteiger partial charge in [0.1, 0.15) is 11.8 Å². The summed E-state index contributed by atoms with van der Waals surface area (Å²) in [7, 11) is 0. The van der Waals surface area contributed by atoms with Gasteiger partial charge in [-0.25, -0.2) is 0 Å². The maximum Gasteiger partial charge on any atom is 0.251 e. The van der Waals surface area contributed by atoms with Gasteiger partial charge in [-0.1, -0.05) is 48.5 Å². The number of para-hydroxylation sites is 1. The Hall–Kier alpha value is -2.90. The molecule has 1 unspecified atom stereocenters. The molecule has 0 aliphatic carbocycles. The summed E-state index contributed by atoms with van der Waals surface area (Å²) in [5.41, 5.74) is 1.34. The molecule has 0 saturated heterocycles. The first kappa shape index (κ1) is 22.8. The van der Waals surface area contributed by atoms with E-state index in [0.29, 0.717) is 28.1 Å². The largest absolute Gasteiger partial charge is 0.341 e. The molecule has 0 saturated carbocycles. The van der Waals surface area contributed by atoms with Crippen LogP contribution in [0.3, 0.4) is 0 Å². The second kappa shape index (κ2) is 10.4. The Morgan fingerprint density at radius 2 is 1.81 bits per heavy atom. The Kier molecular flexibility index (Phi) is 7.65. The van der Waals surface area contributed by atoms with Crippen molar-refractivity contribution in [2.24, 2.45) is 0 Å². The Morgan fingerprint density at radius 1 is 1.10 bits per heavy atom. The monoisotopic (exact) mass is 456 g/mol. The van der Waals surface area contributed by atoms with Crippen LogP contribution in [0.1, 0.15) is 29.3 Å². The van der Waals surface area contributed by atoms with Gasteiger partial charge in [-0.2, -0.15) is 0 Å². The van der Waals surface area contributed by atoms with Crippen LogP contribution in [-0.4, -0.2) is 33.6 Å². The number of benzene rings is 2. The summed E-state index contributed by atoms with van der Waals surface area (Å²) < 4.78 is 0. The molecule has 2 aromatic carbocycles. The van der Waals surface area contributed by atoms with Gasteiger partial charge in [-0.15, -0.1) is 0 Å². The van der Waals surface area contributed by atoms with Gasteiger partial charge in [-0.05, 0) is 35.9 Å². The minimum Gasteiger partial charge on any atom is -0.341 e. The van der Waals surface area contributed by atoms with Crippen molar-refractivity contribution >= 4 is 51.1 Å². The van der Waals surface area contributed by atoms with Crippen molar-refractivity contribution in [3.63, 3.8) is 0 Å². The summed E-state index contributed by atoms with van der Waals surface area (Å²) in [4.78, 5) is 52.2. The van der Waals surface area contributed by atoms with E-state index in [-0.39, 0.29) is 28.6 Å².